The van der Waals surface area contributed by atoms with E-state index in [2.05, 4.69) is 20.9 Å². The van der Waals surface area contributed by atoms with Crippen LogP contribution in [0.1, 0.15) is 34.6 Å². The molecule has 29 heavy (non-hydrogen) atoms. The van der Waals surface area contributed by atoms with Gasteiger partial charge in [0.25, 0.3) is 0 Å². The van der Waals surface area contributed by atoms with E-state index in [0.29, 0.717) is 25.6 Å². The minimum absolute atomic E-state index is 0. The van der Waals surface area contributed by atoms with E-state index in [-0.39, 0.29) is 30.1 Å². The molecule has 0 aliphatic carbocycles. The molecule has 0 saturated carbocycles. The van der Waals surface area contributed by atoms with Gasteiger partial charge in [-0.1, -0.05) is 0 Å². The van der Waals surface area contributed by atoms with Crippen LogP contribution < -0.4 is 25.4 Å². The molecule has 3 N–H and O–H groups in total. The summed E-state index contributed by atoms with van der Waals surface area (Å²) >= 11 is 0. The van der Waals surface area contributed by atoms with Crippen molar-refractivity contribution in [3.63, 3.8) is 0 Å². The summed E-state index contributed by atoms with van der Waals surface area (Å²) in [6.07, 6.45) is -0.526. The number of amides is 1. The molecule has 0 aliphatic rings. The van der Waals surface area contributed by atoms with Crippen molar-refractivity contribution in [1.82, 2.24) is 16.0 Å². The van der Waals surface area contributed by atoms with Gasteiger partial charge in [0.15, 0.2) is 5.96 Å². The normalized spacial score (nSPS) is 12.3. The van der Waals surface area contributed by atoms with Crippen molar-refractivity contribution < 1.29 is 19.0 Å². The van der Waals surface area contributed by atoms with Gasteiger partial charge in [-0.05, 0) is 58.9 Å². The number of hydrogen-bond acceptors (Lipinski definition) is 5. The maximum Gasteiger partial charge on any atom is 0.407 e. The second kappa shape index (κ2) is 14.1. The average molecular weight is 522 g/mol. The number of halogens is 1. The van der Waals surface area contributed by atoms with Gasteiger partial charge in [-0.2, -0.15) is 0 Å². The molecule has 1 aromatic carbocycles. The SMILES string of the molecule is CCNC(=NCC(C)Oc1ccc(OC)cc1)NCCNC(=O)OC(C)(C)C.I. The molecule has 0 aliphatic heterocycles. The first-order chi connectivity index (χ1) is 13.2. The van der Waals surface area contributed by atoms with E-state index in [1.807, 2.05) is 58.9 Å². The highest BCUT2D eigenvalue weighted by Gasteiger charge is 2.15. The number of alkyl carbamates (subject to hydrolysis) is 1. The number of ether oxygens (including phenoxy) is 3. The fraction of sp³-hybridized carbons (Fsp3) is 0.600. The zero-order valence-corrected chi connectivity index (χ0v) is 20.5. The second-order valence-electron chi connectivity index (χ2n) is 7.18. The fourth-order valence-corrected chi connectivity index (χ4v) is 2.15. The third-order valence-corrected chi connectivity index (χ3v) is 3.33. The number of guanidine groups is 1. The van der Waals surface area contributed by atoms with Crippen molar-refractivity contribution in [3.8, 4) is 11.5 Å². The molecule has 0 aromatic heterocycles. The van der Waals surface area contributed by atoms with Gasteiger partial charge in [0.05, 0.1) is 13.7 Å². The highest BCUT2D eigenvalue weighted by atomic mass is 127. The van der Waals surface area contributed by atoms with E-state index in [4.69, 9.17) is 14.2 Å². The molecule has 166 valence electrons. The van der Waals surface area contributed by atoms with Crippen LogP contribution in [0, 0.1) is 0 Å². The first-order valence-electron chi connectivity index (χ1n) is 9.53. The van der Waals surface area contributed by atoms with E-state index < -0.39 is 11.7 Å². The molecule has 0 saturated heterocycles. The molecule has 1 rings (SSSR count). The van der Waals surface area contributed by atoms with Crippen LogP contribution in [0.4, 0.5) is 4.79 Å². The largest absolute Gasteiger partial charge is 0.497 e. The number of rotatable bonds is 9. The van der Waals surface area contributed by atoms with Crippen LogP contribution >= 0.6 is 24.0 Å². The summed E-state index contributed by atoms with van der Waals surface area (Å²) in [6, 6.07) is 7.44. The van der Waals surface area contributed by atoms with Crippen LogP contribution in [0.15, 0.2) is 29.3 Å². The Labute approximate surface area is 191 Å². The average Bonchev–Trinajstić information content (AvgIpc) is 2.62. The van der Waals surface area contributed by atoms with Crippen molar-refractivity contribution >= 4 is 36.0 Å². The maximum atomic E-state index is 11.6. The number of hydrogen-bond donors (Lipinski definition) is 3. The van der Waals surface area contributed by atoms with Crippen LogP contribution in [0.25, 0.3) is 0 Å². The van der Waals surface area contributed by atoms with E-state index >= 15 is 0 Å². The first-order valence-corrected chi connectivity index (χ1v) is 9.53. The molecular weight excluding hydrogens is 487 g/mol. The van der Waals surface area contributed by atoms with Crippen LogP contribution in [-0.2, 0) is 4.74 Å². The molecule has 9 heteroatoms. The topological polar surface area (TPSA) is 93.2 Å². The Hall–Kier alpha value is -1.91. The zero-order valence-electron chi connectivity index (χ0n) is 18.2. The van der Waals surface area contributed by atoms with Crippen molar-refractivity contribution in [1.29, 1.82) is 0 Å². The number of carbonyl (C=O) groups is 1. The third kappa shape index (κ3) is 13.0. The van der Waals surface area contributed by atoms with Crippen molar-refractivity contribution in [2.45, 2.75) is 46.3 Å². The minimum Gasteiger partial charge on any atom is -0.497 e. The fourth-order valence-electron chi connectivity index (χ4n) is 2.15. The van der Waals surface area contributed by atoms with Crippen LogP contribution in [0.5, 0.6) is 11.5 Å². The molecule has 1 aromatic rings. The summed E-state index contributed by atoms with van der Waals surface area (Å²) in [5, 5.41) is 9.04. The highest BCUT2D eigenvalue weighted by Crippen LogP contribution is 2.18. The molecule has 0 radical (unpaired) electrons. The Morgan fingerprint density at radius 1 is 1.07 bits per heavy atom. The third-order valence-electron chi connectivity index (χ3n) is 3.33. The van der Waals surface area contributed by atoms with E-state index in [1.165, 1.54) is 0 Å². The van der Waals surface area contributed by atoms with Crippen molar-refractivity contribution in [3.05, 3.63) is 24.3 Å². The molecule has 0 spiro atoms. The number of nitrogens with zero attached hydrogens (tertiary/aromatic N) is 1. The maximum absolute atomic E-state index is 11.6. The van der Waals surface area contributed by atoms with Gasteiger partial charge in [0.2, 0.25) is 0 Å². The first kappa shape index (κ1) is 27.1. The van der Waals surface area contributed by atoms with E-state index in [9.17, 15) is 4.79 Å². The molecule has 0 bridgehead atoms. The molecule has 1 unspecified atom stereocenters. The summed E-state index contributed by atoms with van der Waals surface area (Å²) in [4.78, 5) is 16.1. The Morgan fingerprint density at radius 2 is 1.66 bits per heavy atom. The number of carbonyl (C=O) groups excluding carboxylic acids is 1. The summed E-state index contributed by atoms with van der Waals surface area (Å²) in [7, 11) is 1.63. The molecule has 1 atom stereocenters. The van der Waals surface area contributed by atoms with Gasteiger partial charge in [0, 0.05) is 19.6 Å². The van der Waals surface area contributed by atoms with Gasteiger partial charge in [0.1, 0.15) is 23.2 Å². The lowest BCUT2D eigenvalue weighted by atomic mass is 10.2. The van der Waals surface area contributed by atoms with Crippen LogP contribution in [0.3, 0.4) is 0 Å². The van der Waals surface area contributed by atoms with Gasteiger partial charge in [-0.3, -0.25) is 0 Å². The Bertz CT molecular complexity index is 618. The minimum atomic E-state index is -0.506. The Balaban J connectivity index is 0.00000784. The summed E-state index contributed by atoms with van der Waals surface area (Å²) in [5.41, 5.74) is -0.506. The number of nitrogens with one attached hydrogen (secondary N) is 3. The van der Waals surface area contributed by atoms with E-state index in [1.54, 1.807) is 7.11 Å². The standard InChI is InChI=1S/C20H34N4O4.HI/c1-7-21-18(22-12-13-23-19(25)28-20(3,4)5)24-14-15(2)27-17-10-8-16(26-6)9-11-17;/h8-11,15H,7,12-14H2,1-6H3,(H,23,25)(H2,21,22,24);1H. The van der Waals surface area contributed by atoms with E-state index in [0.717, 1.165) is 18.0 Å². The molecular formula is C20H35IN4O4. The van der Waals surface area contributed by atoms with Crippen molar-refractivity contribution in [2.24, 2.45) is 4.99 Å². The van der Waals surface area contributed by atoms with Crippen LogP contribution in [0.2, 0.25) is 0 Å². The summed E-state index contributed by atoms with van der Waals surface area (Å²) in [5.74, 6) is 2.22. The number of benzene rings is 1. The molecule has 1 amide bonds. The number of aliphatic imine (C=N–C) groups is 1. The zero-order chi connectivity index (χ0) is 21.0. The number of methoxy groups -OCH3 is 1. The Morgan fingerprint density at radius 3 is 2.21 bits per heavy atom. The Kier molecular flexibility index (Phi) is 13.2. The lowest BCUT2D eigenvalue weighted by Crippen LogP contribution is -2.42. The molecule has 0 fully saturated rings. The lowest BCUT2D eigenvalue weighted by Gasteiger charge is -2.20. The van der Waals surface area contributed by atoms with Gasteiger partial charge in [-0.25, -0.2) is 9.79 Å². The second-order valence-corrected chi connectivity index (χ2v) is 7.18. The predicted octanol–water partition coefficient (Wildman–Crippen LogP) is 3.16. The van der Waals surface area contributed by atoms with Crippen molar-refractivity contribution in [2.75, 3.05) is 33.3 Å². The molecule has 0 heterocycles. The quantitative estimate of drug-likeness (QED) is 0.200. The van der Waals surface area contributed by atoms with Crippen LogP contribution in [-0.4, -0.2) is 57.0 Å². The monoisotopic (exact) mass is 522 g/mol. The predicted molar refractivity (Wildman–Crippen MR) is 127 cm³/mol. The van der Waals surface area contributed by atoms with Gasteiger partial charge >= 0.3 is 6.09 Å². The summed E-state index contributed by atoms with van der Waals surface area (Å²) < 4.78 is 16.2. The van der Waals surface area contributed by atoms with Gasteiger partial charge in [-0.15, -0.1) is 24.0 Å². The van der Waals surface area contributed by atoms with Gasteiger partial charge < -0.3 is 30.2 Å². The smallest absolute Gasteiger partial charge is 0.407 e. The lowest BCUT2D eigenvalue weighted by molar-refractivity contribution is 0.0529. The highest BCUT2D eigenvalue weighted by molar-refractivity contribution is 14.0. The summed E-state index contributed by atoms with van der Waals surface area (Å²) in [6.45, 7) is 11.6. The molecule has 8 nitrogen and oxygen atoms in total.